The van der Waals surface area contributed by atoms with E-state index in [-0.39, 0.29) is 5.82 Å². The third kappa shape index (κ3) is 2.29. The van der Waals surface area contributed by atoms with Gasteiger partial charge in [0.15, 0.2) is 0 Å². The second-order valence-corrected chi connectivity index (χ2v) is 2.98. The number of pyridine rings is 1. The molecule has 1 heterocycles. The van der Waals surface area contributed by atoms with Crippen molar-refractivity contribution >= 4 is 11.7 Å². The summed E-state index contributed by atoms with van der Waals surface area (Å²) in [6.45, 7) is 0. The molecule has 0 atom stereocenters. The molecule has 7 heteroatoms. The van der Waals surface area contributed by atoms with Gasteiger partial charge in [0, 0.05) is 13.2 Å². The first-order chi connectivity index (χ1) is 7.37. The maximum absolute atomic E-state index is 12.7. The molecule has 1 rings (SSSR count). The Bertz CT molecular complexity index is 369. The number of alkyl halides is 4. The summed E-state index contributed by atoms with van der Waals surface area (Å²) in [5.41, 5.74) is 0. The topological polar surface area (TPSA) is 33.2 Å². The van der Waals surface area contributed by atoms with Crippen molar-refractivity contribution < 1.29 is 22.4 Å². The van der Waals surface area contributed by atoms with Crippen LogP contribution in [0.15, 0.2) is 24.4 Å². The lowest BCUT2D eigenvalue weighted by molar-refractivity contribution is -0.166. The van der Waals surface area contributed by atoms with Gasteiger partial charge in [-0.05, 0) is 12.1 Å². The van der Waals surface area contributed by atoms with Gasteiger partial charge in [-0.25, -0.2) is 13.8 Å². The lowest BCUT2D eigenvalue weighted by Crippen LogP contribution is -2.46. The number of carbonyl (C=O) groups excluding carboxylic acids is 1. The minimum Gasteiger partial charge on any atom is -0.294 e. The highest BCUT2D eigenvalue weighted by molar-refractivity contribution is 5.97. The molecular formula is C9H8F4N2O. The van der Waals surface area contributed by atoms with Crippen molar-refractivity contribution in [3.8, 4) is 0 Å². The summed E-state index contributed by atoms with van der Waals surface area (Å²) in [6, 6.07) is 4.22. The fourth-order valence-electron chi connectivity index (χ4n) is 0.973. The number of anilines is 1. The summed E-state index contributed by atoms with van der Waals surface area (Å²) < 4.78 is 49.3. The molecule has 1 aromatic rings. The van der Waals surface area contributed by atoms with Gasteiger partial charge in [0.1, 0.15) is 5.82 Å². The zero-order chi connectivity index (χ0) is 12.3. The number of hydrogen-bond acceptors (Lipinski definition) is 2. The molecule has 0 fully saturated rings. The number of carbonyl (C=O) groups is 1. The van der Waals surface area contributed by atoms with Crippen LogP contribution in [-0.4, -0.2) is 30.3 Å². The van der Waals surface area contributed by atoms with E-state index in [4.69, 9.17) is 0 Å². The molecule has 1 amide bonds. The molecule has 0 unspecified atom stereocenters. The molecule has 0 aromatic carbocycles. The Balaban J connectivity index is 2.91. The molecule has 3 nitrogen and oxygen atoms in total. The van der Waals surface area contributed by atoms with Crippen molar-refractivity contribution in [2.24, 2.45) is 0 Å². The highest BCUT2D eigenvalue weighted by Gasteiger charge is 2.50. The van der Waals surface area contributed by atoms with E-state index in [1.165, 1.54) is 24.4 Å². The van der Waals surface area contributed by atoms with Crippen LogP contribution in [-0.2, 0) is 4.79 Å². The van der Waals surface area contributed by atoms with Gasteiger partial charge in [-0.1, -0.05) is 6.07 Å². The van der Waals surface area contributed by atoms with Crippen molar-refractivity contribution in [2.75, 3.05) is 11.9 Å². The first-order valence-corrected chi connectivity index (χ1v) is 4.22. The summed E-state index contributed by atoms with van der Waals surface area (Å²) >= 11 is 0. The van der Waals surface area contributed by atoms with E-state index in [9.17, 15) is 22.4 Å². The minimum atomic E-state index is -4.70. The Morgan fingerprint density at radius 2 is 2.06 bits per heavy atom. The van der Waals surface area contributed by atoms with Crippen LogP contribution in [0.4, 0.5) is 23.4 Å². The van der Waals surface area contributed by atoms with Crippen LogP contribution in [0.1, 0.15) is 0 Å². The van der Waals surface area contributed by atoms with Gasteiger partial charge in [-0.3, -0.25) is 9.69 Å². The molecule has 16 heavy (non-hydrogen) atoms. The zero-order valence-electron chi connectivity index (χ0n) is 8.20. The standard InChI is InChI=1S/C9H8F4N2O/c1-15(6-4-2-3-5-14-6)8(16)9(12,13)7(10)11/h2-5,7H,1H3. The van der Waals surface area contributed by atoms with Gasteiger partial charge in [0.05, 0.1) is 0 Å². The average molecular weight is 236 g/mol. The largest absolute Gasteiger partial charge is 0.384 e. The van der Waals surface area contributed by atoms with Crippen molar-refractivity contribution in [2.45, 2.75) is 12.3 Å². The summed E-state index contributed by atoms with van der Waals surface area (Å²) in [5.74, 6) is -6.80. The Morgan fingerprint density at radius 3 is 2.50 bits per heavy atom. The fraction of sp³-hybridized carbons (Fsp3) is 0.333. The summed E-state index contributed by atoms with van der Waals surface area (Å²) in [7, 11) is 0.959. The Morgan fingerprint density at radius 1 is 1.44 bits per heavy atom. The molecule has 88 valence electrons. The molecule has 0 N–H and O–H groups in total. The number of rotatable bonds is 3. The van der Waals surface area contributed by atoms with Gasteiger partial charge in [0.2, 0.25) is 0 Å². The summed E-state index contributed by atoms with van der Waals surface area (Å²) in [4.78, 5) is 15.1. The lowest BCUT2D eigenvalue weighted by atomic mass is 10.3. The number of amides is 1. The van der Waals surface area contributed by atoms with E-state index in [2.05, 4.69) is 4.98 Å². The molecule has 0 aliphatic rings. The van der Waals surface area contributed by atoms with E-state index in [0.29, 0.717) is 4.90 Å². The maximum atomic E-state index is 12.7. The molecule has 0 radical (unpaired) electrons. The predicted octanol–water partition coefficient (Wildman–Crippen LogP) is 1.94. The van der Waals surface area contributed by atoms with E-state index >= 15 is 0 Å². The molecule has 0 saturated carbocycles. The third-order valence-electron chi connectivity index (χ3n) is 1.86. The van der Waals surface area contributed by atoms with Gasteiger partial charge >= 0.3 is 18.3 Å². The van der Waals surface area contributed by atoms with E-state index in [0.717, 1.165) is 7.05 Å². The van der Waals surface area contributed by atoms with Gasteiger partial charge in [0.25, 0.3) is 0 Å². The highest BCUT2D eigenvalue weighted by atomic mass is 19.3. The minimum absolute atomic E-state index is 0.118. The van der Waals surface area contributed by atoms with Gasteiger partial charge in [-0.2, -0.15) is 8.78 Å². The molecule has 0 bridgehead atoms. The first-order valence-electron chi connectivity index (χ1n) is 4.22. The Hall–Kier alpha value is -1.66. The number of aromatic nitrogens is 1. The smallest absolute Gasteiger partial charge is 0.294 e. The third-order valence-corrected chi connectivity index (χ3v) is 1.86. The molecular weight excluding hydrogens is 228 g/mol. The van der Waals surface area contributed by atoms with Gasteiger partial charge < -0.3 is 0 Å². The van der Waals surface area contributed by atoms with Crippen LogP contribution in [0.5, 0.6) is 0 Å². The quantitative estimate of drug-likeness (QED) is 0.751. The fourth-order valence-corrected chi connectivity index (χ4v) is 0.973. The van der Waals surface area contributed by atoms with E-state index in [1.807, 2.05) is 0 Å². The van der Waals surface area contributed by atoms with Crippen molar-refractivity contribution in [3.63, 3.8) is 0 Å². The molecule has 1 aromatic heterocycles. The second-order valence-electron chi connectivity index (χ2n) is 2.98. The Kier molecular flexibility index (Phi) is 3.46. The summed E-state index contributed by atoms with van der Waals surface area (Å²) in [5, 5.41) is 0. The van der Waals surface area contributed by atoms with Crippen LogP contribution in [0.3, 0.4) is 0 Å². The first kappa shape index (κ1) is 12.4. The van der Waals surface area contributed by atoms with Crippen molar-refractivity contribution in [3.05, 3.63) is 24.4 Å². The predicted molar refractivity (Wildman–Crippen MR) is 48.6 cm³/mol. The zero-order valence-corrected chi connectivity index (χ0v) is 8.20. The van der Waals surface area contributed by atoms with Crippen LogP contribution >= 0.6 is 0 Å². The number of nitrogens with zero attached hydrogens (tertiary/aromatic N) is 2. The lowest BCUT2D eigenvalue weighted by Gasteiger charge is -2.21. The molecule has 0 aliphatic heterocycles. The molecule has 0 spiro atoms. The van der Waals surface area contributed by atoms with Crippen LogP contribution < -0.4 is 4.90 Å². The van der Waals surface area contributed by atoms with Crippen LogP contribution in [0, 0.1) is 0 Å². The number of hydrogen-bond donors (Lipinski definition) is 0. The summed E-state index contributed by atoms with van der Waals surface area (Å²) in [6.07, 6.45) is -2.77. The van der Waals surface area contributed by atoms with Crippen LogP contribution in [0.2, 0.25) is 0 Å². The molecule has 0 saturated heterocycles. The second kappa shape index (κ2) is 4.46. The Labute approximate surface area is 88.7 Å². The van der Waals surface area contributed by atoms with Crippen LogP contribution in [0.25, 0.3) is 0 Å². The normalized spacial score (nSPS) is 11.6. The van der Waals surface area contributed by atoms with Crippen molar-refractivity contribution in [1.82, 2.24) is 4.98 Å². The maximum Gasteiger partial charge on any atom is 0.384 e. The van der Waals surface area contributed by atoms with E-state index < -0.39 is 18.3 Å². The number of halogens is 4. The van der Waals surface area contributed by atoms with Crippen molar-refractivity contribution in [1.29, 1.82) is 0 Å². The highest BCUT2D eigenvalue weighted by Crippen LogP contribution is 2.26. The monoisotopic (exact) mass is 236 g/mol. The average Bonchev–Trinajstić information content (AvgIpc) is 2.28. The SMILES string of the molecule is CN(C(=O)C(F)(F)C(F)F)c1ccccn1. The van der Waals surface area contributed by atoms with E-state index in [1.54, 1.807) is 0 Å². The van der Waals surface area contributed by atoms with Gasteiger partial charge in [-0.15, -0.1) is 0 Å². The molecule has 0 aliphatic carbocycles.